The summed E-state index contributed by atoms with van der Waals surface area (Å²) in [5.74, 6) is 0.484. The van der Waals surface area contributed by atoms with Gasteiger partial charge in [0, 0.05) is 50.4 Å². The van der Waals surface area contributed by atoms with E-state index in [9.17, 15) is 18.0 Å². The van der Waals surface area contributed by atoms with Crippen LogP contribution in [0, 0.1) is 11.8 Å². The van der Waals surface area contributed by atoms with Crippen LogP contribution in [0.25, 0.3) is 0 Å². The van der Waals surface area contributed by atoms with Gasteiger partial charge in [0.25, 0.3) is 11.8 Å². The SMILES string of the molecule is C[C@H]1C[C@H](C)CN(S(=O)(=O)c2ccc(C(=O)N3CCN(C(=O)c4ccccc4)CC3)cc2)C1. The van der Waals surface area contributed by atoms with Gasteiger partial charge in [-0.2, -0.15) is 4.31 Å². The van der Waals surface area contributed by atoms with Crippen molar-refractivity contribution in [2.75, 3.05) is 39.3 Å². The van der Waals surface area contributed by atoms with Crippen LogP contribution in [0.4, 0.5) is 0 Å². The molecular formula is C25H31N3O4S. The third-order valence-corrected chi connectivity index (χ3v) is 8.30. The van der Waals surface area contributed by atoms with Crippen LogP contribution in [-0.2, 0) is 10.0 Å². The summed E-state index contributed by atoms with van der Waals surface area (Å²) in [5.41, 5.74) is 1.10. The van der Waals surface area contributed by atoms with E-state index in [1.54, 1.807) is 38.4 Å². The standard InChI is InChI=1S/C25H31N3O4S/c1-19-16-20(2)18-28(17-19)33(31,32)23-10-8-22(9-11-23)25(30)27-14-12-26(13-15-27)24(29)21-6-4-3-5-7-21/h3-11,19-20H,12-18H2,1-2H3/t19-,20-/m0/s1. The van der Waals surface area contributed by atoms with E-state index in [1.807, 2.05) is 18.2 Å². The Labute approximate surface area is 196 Å². The summed E-state index contributed by atoms with van der Waals surface area (Å²) in [6, 6.07) is 15.4. The molecule has 7 nitrogen and oxygen atoms in total. The van der Waals surface area contributed by atoms with Gasteiger partial charge in [0.05, 0.1) is 4.90 Å². The zero-order valence-corrected chi connectivity index (χ0v) is 20.0. The van der Waals surface area contributed by atoms with Gasteiger partial charge in [-0.1, -0.05) is 32.0 Å². The number of sulfonamides is 1. The van der Waals surface area contributed by atoms with E-state index in [4.69, 9.17) is 0 Å². The average Bonchev–Trinajstić information content (AvgIpc) is 2.83. The van der Waals surface area contributed by atoms with E-state index < -0.39 is 10.0 Å². The van der Waals surface area contributed by atoms with Gasteiger partial charge >= 0.3 is 0 Å². The molecule has 2 amide bonds. The van der Waals surface area contributed by atoms with E-state index in [1.165, 1.54) is 12.1 Å². The second-order valence-corrected chi connectivity index (χ2v) is 11.2. The van der Waals surface area contributed by atoms with Crippen molar-refractivity contribution in [3.63, 3.8) is 0 Å². The first-order valence-corrected chi connectivity index (χ1v) is 12.9. The molecule has 2 aromatic carbocycles. The number of carbonyl (C=O) groups excluding carboxylic acids is 2. The van der Waals surface area contributed by atoms with Gasteiger partial charge in [0.1, 0.15) is 0 Å². The Morgan fingerprint density at radius 1 is 0.727 bits per heavy atom. The van der Waals surface area contributed by atoms with Crippen molar-refractivity contribution in [1.29, 1.82) is 0 Å². The minimum atomic E-state index is -3.57. The van der Waals surface area contributed by atoms with Gasteiger partial charge in [-0.15, -0.1) is 0 Å². The van der Waals surface area contributed by atoms with Gasteiger partial charge < -0.3 is 9.80 Å². The van der Waals surface area contributed by atoms with Crippen molar-refractivity contribution in [2.24, 2.45) is 11.8 Å². The van der Waals surface area contributed by atoms with Gasteiger partial charge in [0.15, 0.2) is 0 Å². The second kappa shape index (κ2) is 9.65. The van der Waals surface area contributed by atoms with Crippen molar-refractivity contribution >= 4 is 21.8 Å². The molecule has 2 aliphatic heterocycles. The quantitative estimate of drug-likeness (QED) is 0.690. The van der Waals surface area contributed by atoms with Crippen molar-refractivity contribution in [2.45, 2.75) is 25.2 Å². The summed E-state index contributed by atoms with van der Waals surface area (Å²) < 4.78 is 27.7. The number of hydrogen-bond donors (Lipinski definition) is 0. The Bertz CT molecular complexity index is 1080. The maximum Gasteiger partial charge on any atom is 0.253 e. The topological polar surface area (TPSA) is 78.0 Å². The van der Waals surface area contributed by atoms with E-state index in [0.29, 0.717) is 62.2 Å². The minimum absolute atomic E-state index is 0.0291. The summed E-state index contributed by atoms with van der Waals surface area (Å²) in [5, 5.41) is 0. The van der Waals surface area contributed by atoms with Gasteiger partial charge in [-0.3, -0.25) is 9.59 Å². The molecule has 176 valence electrons. The van der Waals surface area contributed by atoms with Crippen LogP contribution < -0.4 is 0 Å². The fourth-order valence-electron chi connectivity index (χ4n) is 4.78. The molecule has 0 aliphatic carbocycles. The number of piperazine rings is 1. The number of rotatable bonds is 4. The highest BCUT2D eigenvalue weighted by molar-refractivity contribution is 7.89. The lowest BCUT2D eigenvalue weighted by Crippen LogP contribution is -2.50. The molecule has 8 heteroatoms. The first kappa shape index (κ1) is 23.4. The summed E-state index contributed by atoms with van der Waals surface area (Å²) >= 11 is 0. The molecule has 33 heavy (non-hydrogen) atoms. The molecule has 2 saturated heterocycles. The van der Waals surface area contributed by atoms with Crippen molar-refractivity contribution in [1.82, 2.24) is 14.1 Å². The van der Waals surface area contributed by atoms with E-state index in [2.05, 4.69) is 13.8 Å². The molecule has 2 atom stereocenters. The number of benzene rings is 2. The van der Waals surface area contributed by atoms with Crippen molar-refractivity contribution in [3.8, 4) is 0 Å². The molecule has 0 radical (unpaired) electrons. The van der Waals surface area contributed by atoms with Crippen molar-refractivity contribution in [3.05, 3.63) is 65.7 Å². The fraction of sp³-hybridized carbons (Fsp3) is 0.440. The van der Waals surface area contributed by atoms with Crippen molar-refractivity contribution < 1.29 is 18.0 Å². The van der Waals surface area contributed by atoms with E-state index in [-0.39, 0.29) is 16.7 Å². The van der Waals surface area contributed by atoms with Crippen LogP contribution in [0.3, 0.4) is 0 Å². The lowest BCUT2D eigenvalue weighted by Gasteiger charge is -2.35. The number of amides is 2. The van der Waals surface area contributed by atoms with Crippen LogP contribution in [0.1, 0.15) is 41.0 Å². The molecule has 4 rings (SSSR count). The van der Waals surface area contributed by atoms with Crippen LogP contribution in [0.5, 0.6) is 0 Å². The Morgan fingerprint density at radius 3 is 1.67 bits per heavy atom. The van der Waals surface area contributed by atoms with Gasteiger partial charge in [-0.25, -0.2) is 8.42 Å². The Morgan fingerprint density at radius 2 is 1.18 bits per heavy atom. The summed E-state index contributed by atoms with van der Waals surface area (Å²) in [7, 11) is -3.57. The van der Waals surface area contributed by atoms with E-state index in [0.717, 1.165) is 6.42 Å². The molecule has 0 spiro atoms. The number of nitrogens with zero attached hydrogens (tertiary/aromatic N) is 3. The lowest BCUT2D eigenvalue weighted by atomic mass is 9.94. The zero-order chi connectivity index (χ0) is 23.6. The number of piperidine rings is 1. The van der Waals surface area contributed by atoms with Crippen LogP contribution in [0.15, 0.2) is 59.5 Å². The van der Waals surface area contributed by atoms with Crippen LogP contribution >= 0.6 is 0 Å². The molecule has 0 N–H and O–H groups in total. The summed E-state index contributed by atoms with van der Waals surface area (Å²) in [6.45, 7) is 7.04. The first-order chi connectivity index (χ1) is 15.8. The maximum atomic E-state index is 13.1. The molecule has 2 fully saturated rings. The van der Waals surface area contributed by atoms with E-state index >= 15 is 0 Å². The molecule has 0 saturated carbocycles. The highest BCUT2D eigenvalue weighted by Gasteiger charge is 2.32. The molecule has 0 unspecified atom stereocenters. The Hall–Kier alpha value is -2.71. The second-order valence-electron chi connectivity index (χ2n) is 9.24. The van der Waals surface area contributed by atoms with Crippen LogP contribution in [0.2, 0.25) is 0 Å². The molecule has 2 aromatic rings. The third-order valence-electron chi connectivity index (χ3n) is 6.45. The molecular weight excluding hydrogens is 438 g/mol. The molecule has 2 aliphatic rings. The smallest absolute Gasteiger partial charge is 0.253 e. The largest absolute Gasteiger partial charge is 0.335 e. The predicted molar refractivity (Wildman–Crippen MR) is 126 cm³/mol. The Balaban J connectivity index is 1.38. The predicted octanol–water partition coefficient (Wildman–Crippen LogP) is 2.95. The monoisotopic (exact) mass is 469 g/mol. The normalized spacial score (nSPS) is 22.2. The lowest BCUT2D eigenvalue weighted by molar-refractivity contribution is 0.0535. The fourth-order valence-corrected chi connectivity index (χ4v) is 6.46. The summed E-state index contributed by atoms with van der Waals surface area (Å²) in [4.78, 5) is 29.3. The zero-order valence-electron chi connectivity index (χ0n) is 19.2. The highest BCUT2D eigenvalue weighted by Crippen LogP contribution is 2.27. The van der Waals surface area contributed by atoms with Gasteiger partial charge in [0.2, 0.25) is 10.0 Å². The summed E-state index contributed by atoms with van der Waals surface area (Å²) in [6.07, 6.45) is 1.03. The van der Waals surface area contributed by atoms with Crippen LogP contribution in [-0.4, -0.2) is 73.6 Å². The Kier molecular flexibility index (Phi) is 6.86. The first-order valence-electron chi connectivity index (χ1n) is 11.5. The number of carbonyl (C=O) groups is 2. The maximum absolute atomic E-state index is 13.1. The minimum Gasteiger partial charge on any atom is -0.335 e. The molecule has 0 bridgehead atoms. The highest BCUT2D eigenvalue weighted by atomic mass is 32.2. The molecule has 0 aromatic heterocycles. The average molecular weight is 470 g/mol. The molecule has 2 heterocycles. The van der Waals surface area contributed by atoms with Gasteiger partial charge in [-0.05, 0) is 54.7 Å². The number of hydrogen-bond acceptors (Lipinski definition) is 4. The third kappa shape index (κ3) is 5.12.